The Hall–Kier alpha value is -2.14. The third-order valence-electron chi connectivity index (χ3n) is 3.11. The lowest BCUT2D eigenvalue weighted by molar-refractivity contribution is -0.113. The molecule has 128 valence electrons. The summed E-state index contributed by atoms with van der Waals surface area (Å²) in [6.07, 6.45) is 2.07. The van der Waals surface area contributed by atoms with Gasteiger partial charge in [-0.25, -0.2) is 0 Å². The Morgan fingerprint density at radius 3 is 2.25 bits per heavy atom. The van der Waals surface area contributed by atoms with Crippen molar-refractivity contribution in [1.82, 2.24) is 0 Å². The molecule has 24 heavy (non-hydrogen) atoms. The smallest absolute Gasteiger partial charge is 0.234 e. The Morgan fingerprint density at radius 1 is 1.04 bits per heavy atom. The van der Waals surface area contributed by atoms with Crippen LogP contribution in [0.1, 0.15) is 19.4 Å². The van der Waals surface area contributed by atoms with Crippen LogP contribution >= 0.6 is 11.8 Å². The lowest BCUT2D eigenvalue weighted by atomic mass is 10.2. The van der Waals surface area contributed by atoms with Gasteiger partial charge in [-0.2, -0.15) is 11.8 Å². The zero-order valence-corrected chi connectivity index (χ0v) is 15.1. The van der Waals surface area contributed by atoms with E-state index in [-0.39, 0.29) is 12.0 Å². The monoisotopic (exact) mass is 345 g/mol. The minimum absolute atomic E-state index is 0.000116. The highest BCUT2D eigenvalue weighted by Gasteiger charge is 2.02. The molecular formula is C19H23NO3S. The number of nitrogens with one attached hydrogen (secondary N) is 1. The van der Waals surface area contributed by atoms with E-state index in [0.717, 1.165) is 22.7 Å². The summed E-state index contributed by atoms with van der Waals surface area (Å²) < 4.78 is 11.4. The molecule has 0 heterocycles. The molecule has 2 aromatic carbocycles. The van der Waals surface area contributed by atoms with Gasteiger partial charge in [-0.15, -0.1) is 0 Å². The van der Waals surface area contributed by atoms with E-state index in [9.17, 15) is 4.79 Å². The molecule has 2 aromatic rings. The van der Waals surface area contributed by atoms with Crippen molar-refractivity contribution >= 4 is 23.4 Å². The molecule has 0 saturated heterocycles. The van der Waals surface area contributed by atoms with Crippen molar-refractivity contribution in [2.75, 3.05) is 17.3 Å². The van der Waals surface area contributed by atoms with Gasteiger partial charge >= 0.3 is 0 Å². The molecule has 4 nitrogen and oxygen atoms in total. The first-order valence-corrected chi connectivity index (χ1v) is 9.23. The van der Waals surface area contributed by atoms with Crippen LogP contribution < -0.4 is 14.8 Å². The molecule has 0 fully saturated rings. The van der Waals surface area contributed by atoms with E-state index in [4.69, 9.17) is 9.47 Å². The number of hydrogen-bond acceptors (Lipinski definition) is 4. The second-order valence-corrected chi connectivity index (χ2v) is 6.47. The first kappa shape index (κ1) is 18.2. The van der Waals surface area contributed by atoms with Crippen molar-refractivity contribution in [2.45, 2.75) is 26.6 Å². The normalized spacial score (nSPS) is 10.5. The van der Waals surface area contributed by atoms with Gasteiger partial charge in [0.2, 0.25) is 5.91 Å². The molecule has 0 radical (unpaired) electrons. The Labute approximate surface area is 147 Å². The van der Waals surface area contributed by atoms with Crippen molar-refractivity contribution in [3.05, 3.63) is 54.1 Å². The van der Waals surface area contributed by atoms with Crippen LogP contribution in [0.2, 0.25) is 0 Å². The second kappa shape index (κ2) is 9.23. The van der Waals surface area contributed by atoms with E-state index in [0.29, 0.717) is 12.4 Å². The molecule has 0 aromatic heterocycles. The molecule has 0 bridgehead atoms. The maximum atomic E-state index is 11.5. The Kier molecular flexibility index (Phi) is 7.00. The standard InChI is InChI=1S/C19H23NO3S/c1-14(2)23-18-8-4-15(5-9-18)12-22-17-10-6-16(7-11-17)20-19(21)13-24-3/h4-11,14H,12-13H2,1-3H3,(H,20,21). The van der Waals surface area contributed by atoms with Crippen molar-refractivity contribution < 1.29 is 14.3 Å². The molecule has 0 spiro atoms. The number of carbonyl (C=O) groups excluding carboxylic acids is 1. The van der Waals surface area contributed by atoms with E-state index >= 15 is 0 Å². The summed E-state index contributed by atoms with van der Waals surface area (Å²) in [5.41, 5.74) is 1.85. The highest BCUT2D eigenvalue weighted by molar-refractivity contribution is 7.99. The van der Waals surface area contributed by atoms with Gasteiger partial charge in [0.25, 0.3) is 0 Å². The molecular weight excluding hydrogens is 322 g/mol. The number of hydrogen-bond donors (Lipinski definition) is 1. The predicted octanol–water partition coefficient (Wildman–Crippen LogP) is 4.35. The lowest BCUT2D eigenvalue weighted by Crippen LogP contribution is -2.13. The fraction of sp³-hybridized carbons (Fsp3) is 0.316. The Balaban J connectivity index is 1.84. The highest BCUT2D eigenvalue weighted by atomic mass is 32.2. The number of anilines is 1. The lowest BCUT2D eigenvalue weighted by Gasteiger charge is -2.11. The number of amides is 1. The van der Waals surface area contributed by atoms with Gasteiger partial charge in [0.15, 0.2) is 0 Å². The zero-order chi connectivity index (χ0) is 17.4. The van der Waals surface area contributed by atoms with Crippen LogP contribution in [0, 0.1) is 0 Å². The van der Waals surface area contributed by atoms with Gasteiger partial charge in [-0.3, -0.25) is 4.79 Å². The summed E-state index contributed by atoms with van der Waals surface area (Å²) in [5.74, 6) is 2.08. The van der Waals surface area contributed by atoms with E-state index < -0.39 is 0 Å². The van der Waals surface area contributed by atoms with Gasteiger partial charge < -0.3 is 14.8 Å². The minimum atomic E-state index is -0.000116. The largest absolute Gasteiger partial charge is 0.491 e. The fourth-order valence-corrected chi connectivity index (χ4v) is 2.40. The number of ether oxygens (including phenoxy) is 2. The van der Waals surface area contributed by atoms with Crippen LogP contribution in [0.25, 0.3) is 0 Å². The highest BCUT2D eigenvalue weighted by Crippen LogP contribution is 2.19. The molecule has 0 unspecified atom stereocenters. The molecule has 1 amide bonds. The molecule has 0 saturated carbocycles. The topological polar surface area (TPSA) is 47.6 Å². The van der Waals surface area contributed by atoms with Gasteiger partial charge in [0.05, 0.1) is 11.9 Å². The van der Waals surface area contributed by atoms with Crippen LogP contribution in [0.5, 0.6) is 11.5 Å². The molecule has 1 N–H and O–H groups in total. The van der Waals surface area contributed by atoms with Crippen molar-refractivity contribution in [3.63, 3.8) is 0 Å². The van der Waals surface area contributed by atoms with Crippen LogP contribution in [-0.2, 0) is 11.4 Å². The third kappa shape index (κ3) is 6.16. The molecule has 5 heteroatoms. The van der Waals surface area contributed by atoms with E-state index in [2.05, 4.69) is 5.32 Å². The van der Waals surface area contributed by atoms with E-state index in [1.807, 2.05) is 68.6 Å². The van der Waals surface area contributed by atoms with Crippen molar-refractivity contribution in [1.29, 1.82) is 0 Å². The summed E-state index contributed by atoms with van der Waals surface area (Å²) in [6.45, 7) is 4.49. The molecule has 0 aliphatic carbocycles. The van der Waals surface area contributed by atoms with Gasteiger partial charge in [-0.1, -0.05) is 12.1 Å². The Morgan fingerprint density at radius 2 is 1.67 bits per heavy atom. The van der Waals surface area contributed by atoms with E-state index in [1.54, 1.807) is 0 Å². The van der Waals surface area contributed by atoms with Crippen molar-refractivity contribution in [3.8, 4) is 11.5 Å². The SMILES string of the molecule is CSCC(=O)Nc1ccc(OCc2ccc(OC(C)C)cc2)cc1. The first-order valence-electron chi connectivity index (χ1n) is 7.84. The predicted molar refractivity (Wildman–Crippen MR) is 100.0 cm³/mol. The van der Waals surface area contributed by atoms with Gasteiger partial charge in [0, 0.05) is 5.69 Å². The third-order valence-corrected chi connectivity index (χ3v) is 3.67. The Bertz CT molecular complexity index is 639. The minimum Gasteiger partial charge on any atom is -0.491 e. The fourth-order valence-electron chi connectivity index (χ4n) is 2.07. The summed E-state index contributed by atoms with van der Waals surface area (Å²) in [5, 5.41) is 2.84. The first-order chi connectivity index (χ1) is 11.6. The number of carbonyl (C=O) groups is 1. The summed E-state index contributed by atoms with van der Waals surface area (Å²) >= 11 is 1.50. The number of thioether (sulfide) groups is 1. The molecule has 0 aliphatic rings. The number of rotatable bonds is 8. The maximum absolute atomic E-state index is 11.5. The molecule has 2 rings (SSSR count). The summed E-state index contributed by atoms with van der Waals surface area (Å²) in [4.78, 5) is 11.5. The van der Waals surface area contributed by atoms with E-state index in [1.165, 1.54) is 11.8 Å². The van der Waals surface area contributed by atoms with Crippen molar-refractivity contribution in [2.24, 2.45) is 0 Å². The summed E-state index contributed by atoms with van der Waals surface area (Å²) in [6, 6.07) is 15.3. The average Bonchev–Trinajstić information content (AvgIpc) is 2.55. The quantitative estimate of drug-likeness (QED) is 0.772. The average molecular weight is 345 g/mol. The van der Waals surface area contributed by atoms with Crippen LogP contribution in [-0.4, -0.2) is 24.0 Å². The summed E-state index contributed by atoms with van der Waals surface area (Å²) in [7, 11) is 0. The molecule has 0 atom stereocenters. The van der Waals surface area contributed by atoms with Gasteiger partial charge in [-0.05, 0) is 62.1 Å². The second-order valence-electron chi connectivity index (χ2n) is 5.60. The van der Waals surface area contributed by atoms with Crippen LogP contribution in [0.4, 0.5) is 5.69 Å². The maximum Gasteiger partial charge on any atom is 0.234 e. The zero-order valence-electron chi connectivity index (χ0n) is 14.2. The van der Waals surface area contributed by atoms with Gasteiger partial charge in [0.1, 0.15) is 18.1 Å². The molecule has 0 aliphatic heterocycles. The van der Waals surface area contributed by atoms with Crippen LogP contribution in [0.3, 0.4) is 0 Å². The van der Waals surface area contributed by atoms with Crippen LogP contribution in [0.15, 0.2) is 48.5 Å². The number of benzene rings is 2.